The van der Waals surface area contributed by atoms with Crippen molar-refractivity contribution in [3.05, 3.63) is 22.8 Å². The first kappa shape index (κ1) is 34.7. The van der Waals surface area contributed by atoms with Gasteiger partial charge in [0, 0.05) is 5.57 Å². The van der Waals surface area contributed by atoms with Crippen LogP contribution in [0.15, 0.2) is 22.8 Å². The Morgan fingerprint density at radius 1 is 0.975 bits per heavy atom. The van der Waals surface area contributed by atoms with E-state index < -0.39 is 17.0 Å². The average Bonchev–Trinajstić information content (AvgIpc) is 2.86. The summed E-state index contributed by atoms with van der Waals surface area (Å²) in [5, 5.41) is 9.86. The summed E-state index contributed by atoms with van der Waals surface area (Å²) in [6.07, 6.45) is 14.9. The average molecular weight is 558 g/mol. The molecular formula is C35H59NO4. The summed E-state index contributed by atoms with van der Waals surface area (Å²) < 4.78 is 6.86. The van der Waals surface area contributed by atoms with Crippen molar-refractivity contribution in [1.82, 2.24) is 0 Å². The molecule has 0 N–H and O–H groups in total. The van der Waals surface area contributed by atoms with E-state index in [0.29, 0.717) is 24.3 Å². The summed E-state index contributed by atoms with van der Waals surface area (Å²) >= 11 is 0. The lowest BCUT2D eigenvalue weighted by Crippen LogP contribution is -2.54. The molecule has 5 nitrogen and oxygen atoms in total. The second-order valence-corrected chi connectivity index (χ2v) is 14.4. The van der Waals surface area contributed by atoms with Crippen LogP contribution in [0.3, 0.4) is 0 Å². The zero-order valence-corrected chi connectivity index (χ0v) is 27.5. The molecule has 0 aromatic heterocycles. The first-order chi connectivity index (χ1) is 18.6. The number of allylic oxidation sites excluding steroid dienone is 2. The Morgan fingerprint density at radius 2 is 1.55 bits per heavy atom. The molecule has 0 bridgehead atoms. The van der Waals surface area contributed by atoms with E-state index in [2.05, 4.69) is 54.5 Å². The summed E-state index contributed by atoms with van der Waals surface area (Å²) in [6, 6.07) is 2.28. The van der Waals surface area contributed by atoms with Crippen LogP contribution in [0.25, 0.3) is 0 Å². The molecule has 3 unspecified atom stereocenters. The molecule has 0 amide bonds. The summed E-state index contributed by atoms with van der Waals surface area (Å²) in [6.45, 7) is 21.2. The highest BCUT2D eigenvalue weighted by molar-refractivity contribution is 6.06. The van der Waals surface area contributed by atoms with Crippen LogP contribution in [0, 0.1) is 35.0 Å². The summed E-state index contributed by atoms with van der Waals surface area (Å²) in [7, 11) is 0. The van der Waals surface area contributed by atoms with Gasteiger partial charge in [0.1, 0.15) is 6.07 Å². The minimum Gasteiger partial charge on any atom is -0.334 e. The lowest BCUT2D eigenvalue weighted by atomic mass is 9.77. The van der Waals surface area contributed by atoms with Crippen molar-refractivity contribution < 1.29 is 19.3 Å². The van der Waals surface area contributed by atoms with Gasteiger partial charge in [0.2, 0.25) is 5.79 Å². The molecule has 0 spiro atoms. The van der Waals surface area contributed by atoms with Gasteiger partial charge >= 0.3 is 0 Å². The standard InChI is InChI=1S/C35H59NO4/c1-25(2)14-11-15-27(5)16-12-17-28(6)18-13-20-33(9)21-19-31-22-32(37)29(7)30(8)35(31,38-33)40-39-34(10,24-36)23-26(3)4/h22,25-28H,11-21,23H2,1-10H3/t27?,28?,33?,34-,35-/m0/s1. The molecule has 0 saturated carbocycles. The summed E-state index contributed by atoms with van der Waals surface area (Å²) in [5.41, 5.74) is 0.614. The summed E-state index contributed by atoms with van der Waals surface area (Å²) in [4.78, 5) is 24.8. The van der Waals surface area contributed by atoms with Crippen molar-refractivity contribution in [3.8, 4) is 6.07 Å². The van der Waals surface area contributed by atoms with Crippen LogP contribution in [0.4, 0.5) is 0 Å². The number of carbonyl (C=O) groups excluding carboxylic acids is 1. The van der Waals surface area contributed by atoms with E-state index in [4.69, 9.17) is 14.5 Å². The topological polar surface area (TPSA) is 68.6 Å². The Hall–Kier alpha value is -1.48. The molecule has 0 radical (unpaired) electrons. The number of nitrogens with zero attached hydrogens (tertiary/aromatic N) is 1. The van der Waals surface area contributed by atoms with E-state index in [1.807, 2.05) is 13.8 Å². The van der Waals surface area contributed by atoms with Crippen molar-refractivity contribution in [2.75, 3.05) is 0 Å². The Labute approximate surface area is 246 Å². The Balaban J connectivity index is 1.99. The molecule has 2 rings (SSSR count). The van der Waals surface area contributed by atoms with E-state index in [1.165, 1.54) is 44.9 Å². The summed E-state index contributed by atoms with van der Waals surface area (Å²) in [5.74, 6) is 1.32. The molecule has 228 valence electrons. The van der Waals surface area contributed by atoms with Gasteiger partial charge in [-0.15, -0.1) is 0 Å². The van der Waals surface area contributed by atoms with Crippen molar-refractivity contribution in [2.24, 2.45) is 23.7 Å². The number of fused-ring (bicyclic) bond motifs is 1. The first-order valence-corrected chi connectivity index (χ1v) is 16.1. The van der Waals surface area contributed by atoms with Crippen molar-refractivity contribution >= 4 is 5.78 Å². The monoisotopic (exact) mass is 557 g/mol. The fourth-order valence-electron chi connectivity index (χ4n) is 6.35. The van der Waals surface area contributed by atoms with Gasteiger partial charge in [-0.3, -0.25) is 4.79 Å². The molecule has 5 atom stereocenters. The number of hydrogen-bond acceptors (Lipinski definition) is 5. The van der Waals surface area contributed by atoms with E-state index in [0.717, 1.165) is 42.2 Å². The second-order valence-electron chi connectivity index (χ2n) is 14.4. The molecule has 1 aliphatic carbocycles. The lowest BCUT2D eigenvalue weighted by Gasteiger charge is -2.49. The molecule has 1 saturated heterocycles. The first-order valence-electron chi connectivity index (χ1n) is 16.1. The van der Waals surface area contributed by atoms with Gasteiger partial charge in [0.25, 0.3) is 0 Å². The number of hydrogen-bond donors (Lipinski definition) is 0. The van der Waals surface area contributed by atoms with Gasteiger partial charge in [-0.1, -0.05) is 92.9 Å². The minimum atomic E-state index is -1.27. The van der Waals surface area contributed by atoms with Crippen LogP contribution in [0.1, 0.15) is 146 Å². The lowest BCUT2D eigenvalue weighted by molar-refractivity contribution is -0.452. The minimum absolute atomic E-state index is 0.00721. The molecule has 5 heteroatoms. The third kappa shape index (κ3) is 9.81. The van der Waals surface area contributed by atoms with E-state index in [1.54, 1.807) is 13.0 Å². The molecule has 0 aromatic rings. The SMILES string of the molecule is CC1=C(C)[C@@]2(OO[C@](C)(C#N)CC(C)C)OC(C)(CCCC(C)CCCC(C)CCCC(C)C)CCC2=CC1=O. The van der Waals surface area contributed by atoms with Gasteiger partial charge in [0.15, 0.2) is 11.4 Å². The normalized spacial score (nSPS) is 26.4. The fourth-order valence-corrected chi connectivity index (χ4v) is 6.35. The Morgan fingerprint density at radius 3 is 2.10 bits per heavy atom. The molecule has 40 heavy (non-hydrogen) atoms. The zero-order valence-electron chi connectivity index (χ0n) is 27.5. The maximum atomic E-state index is 12.7. The number of carbonyl (C=O) groups is 1. The van der Waals surface area contributed by atoms with E-state index in [-0.39, 0.29) is 11.7 Å². The molecular weight excluding hydrogens is 498 g/mol. The Kier molecular flexibility index (Phi) is 13.1. The highest BCUT2D eigenvalue weighted by Crippen LogP contribution is 2.49. The van der Waals surface area contributed by atoms with Gasteiger partial charge < -0.3 is 4.74 Å². The maximum absolute atomic E-state index is 12.7. The third-order valence-corrected chi connectivity index (χ3v) is 9.12. The molecule has 0 aromatic carbocycles. The largest absolute Gasteiger partial charge is 0.334 e. The highest BCUT2D eigenvalue weighted by Gasteiger charge is 2.53. The third-order valence-electron chi connectivity index (χ3n) is 9.12. The van der Waals surface area contributed by atoms with Crippen molar-refractivity contribution in [3.63, 3.8) is 0 Å². The Bertz CT molecular complexity index is 944. The van der Waals surface area contributed by atoms with Gasteiger partial charge in [-0.25, -0.2) is 4.89 Å². The number of ketones is 1. The predicted molar refractivity (Wildman–Crippen MR) is 163 cm³/mol. The van der Waals surface area contributed by atoms with Crippen LogP contribution in [0.2, 0.25) is 0 Å². The van der Waals surface area contributed by atoms with Crippen LogP contribution >= 0.6 is 0 Å². The van der Waals surface area contributed by atoms with Crippen LogP contribution in [0.5, 0.6) is 0 Å². The van der Waals surface area contributed by atoms with Gasteiger partial charge in [0.05, 0.1) is 5.60 Å². The number of ether oxygens (including phenoxy) is 1. The van der Waals surface area contributed by atoms with Crippen molar-refractivity contribution in [2.45, 2.75) is 163 Å². The van der Waals surface area contributed by atoms with Crippen LogP contribution < -0.4 is 0 Å². The highest BCUT2D eigenvalue weighted by atomic mass is 17.2. The quantitative estimate of drug-likeness (QED) is 0.131. The predicted octanol–water partition coefficient (Wildman–Crippen LogP) is 9.81. The molecule has 1 aliphatic heterocycles. The fraction of sp³-hybridized carbons (Fsp3) is 0.829. The molecule has 1 fully saturated rings. The van der Waals surface area contributed by atoms with Crippen LogP contribution in [-0.2, 0) is 19.3 Å². The van der Waals surface area contributed by atoms with E-state index >= 15 is 0 Å². The van der Waals surface area contributed by atoms with Crippen LogP contribution in [-0.4, -0.2) is 22.8 Å². The molecule has 1 heterocycles. The zero-order chi connectivity index (χ0) is 30.1. The van der Waals surface area contributed by atoms with Gasteiger partial charge in [-0.05, 0) is 94.3 Å². The maximum Gasteiger partial charge on any atom is 0.247 e. The van der Waals surface area contributed by atoms with Gasteiger partial charge in [-0.2, -0.15) is 10.1 Å². The number of nitriles is 1. The molecule has 2 aliphatic rings. The smallest absolute Gasteiger partial charge is 0.247 e. The second kappa shape index (κ2) is 15.1. The number of rotatable bonds is 17. The van der Waals surface area contributed by atoms with E-state index in [9.17, 15) is 10.1 Å². The van der Waals surface area contributed by atoms with Crippen molar-refractivity contribution in [1.29, 1.82) is 5.26 Å².